The summed E-state index contributed by atoms with van der Waals surface area (Å²) in [4.78, 5) is 4.33. The van der Waals surface area contributed by atoms with Crippen molar-refractivity contribution >= 4 is 15.5 Å². The standard InChI is InChI=1S/C21H25F3N2O2S/c1-16-6-7-17(2)20(14-16)29(27,28)13-12-25-8-10-26(11-9-25)19-5-3-4-18(15-19)21(22,23)24/h3-7,14-15H,8-13H2,1-2H3. The van der Waals surface area contributed by atoms with Crippen LogP contribution in [0, 0.1) is 13.8 Å². The van der Waals surface area contributed by atoms with E-state index in [4.69, 9.17) is 0 Å². The van der Waals surface area contributed by atoms with Gasteiger partial charge in [0.1, 0.15) is 0 Å². The Morgan fingerprint density at radius 1 is 0.966 bits per heavy atom. The largest absolute Gasteiger partial charge is 0.416 e. The lowest BCUT2D eigenvalue weighted by Gasteiger charge is -2.36. The van der Waals surface area contributed by atoms with Crippen molar-refractivity contribution in [1.82, 2.24) is 4.90 Å². The molecule has 0 radical (unpaired) electrons. The Morgan fingerprint density at radius 3 is 2.31 bits per heavy atom. The number of anilines is 1. The van der Waals surface area contributed by atoms with E-state index < -0.39 is 21.6 Å². The van der Waals surface area contributed by atoms with Crippen molar-refractivity contribution in [2.75, 3.05) is 43.4 Å². The summed E-state index contributed by atoms with van der Waals surface area (Å²) in [7, 11) is -3.38. The van der Waals surface area contributed by atoms with Crippen LogP contribution in [-0.2, 0) is 16.0 Å². The van der Waals surface area contributed by atoms with E-state index in [2.05, 4.69) is 0 Å². The van der Waals surface area contributed by atoms with E-state index in [1.165, 1.54) is 12.1 Å². The first kappa shape index (κ1) is 21.6. The van der Waals surface area contributed by atoms with Crippen LogP contribution in [0.15, 0.2) is 47.4 Å². The molecular formula is C21H25F3N2O2S. The van der Waals surface area contributed by atoms with Crippen molar-refractivity contribution in [2.24, 2.45) is 0 Å². The minimum Gasteiger partial charge on any atom is -0.369 e. The Kier molecular flexibility index (Phi) is 6.24. The number of hydrogen-bond donors (Lipinski definition) is 0. The first-order chi connectivity index (χ1) is 13.6. The van der Waals surface area contributed by atoms with E-state index in [0.29, 0.717) is 43.3 Å². The van der Waals surface area contributed by atoms with E-state index in [1.54, 1.807) is 19.1 Å². The Labute approximate surface area is 169 Å². The lowest BCUT2D eigenvalue weighted by molar-refractivity contribution is -0.137. The van der Waals surface area contributed by atoms with E-state index in [-0.39, 0.29) is 5.75 Å². The van der Waals surface area contributed by atoms with Crippen LogP contribution >= 0.6 is 0 Å². The fourth-order valence-electron chi connectivity index (χ4n) is 3.51. The Balaban J connectivity index is 1.58. The first-order valence-electron chi connectivity index (χ1n) is 9.51. The summed E-state index contributed by atoms with van der Waals surface area (Å²) >= 11 is 0. The molecule has 1 aliphatic rings. The number of rotatable bonds is 5. The SMILES string of the molecule is Cc1ccc(C)c(S(=O)(=O)CCN2CCN(c3cccc(C(F)(F)F)c3)CC2)c1. The molecule has 1 saturated heterocycles. The first-order valence-corrected chi connectivity index (χ1v) is 11.2. The molecule has 29 heavy (non-hydrogen) atoms. The Bertz CT molecular complexity index is 966. The van der Waals surface area contributed by atoms with Crippen molar-refractivity contribution in [3.05, 3.63) is 59.2 Å². The molecule has 3 rings (SSSR count). The van der Waals surface area contributed by atoms with Crippen LogP contribution in [0.25, 0.3) is 0 Å². The summed E-state index contributed by atoms with van der Waals surface area (Å²) in [5, 5.41) is 0. The number of sulfone groups is 1. The van der Waals surface area contributed by atoms with Gasteiger partial charge in [-0.1, -0.05) is 18.2 Å². The molecule has 1 aliphatic heterocycles. The van der Waals surface area contributed by atoms with Crippen LogP contribution in [0.1, 0.15) is 16.7 Å². The normalized spacial score (nSPS) is 16.2. The Hall–Kier alpha value is -2.06. The maximum absolute atomic E-state index is 12.9. The highest BCUT2D eigenvalue weighted by molar-refractivity contribution is 7.91. The molecule has 0 spiro atoms. The summed E-state index contributed by atoms with van der Waals surface area (Å²) in [6.45, 7) is 6.41. The third kappa shape index (κ3) is 5.30. The van der Waals surface area contributed by atoms with Gasteiger partial charge in [0.2, 0.25) is 0 Å². The molecule has 4 nitrogen and oxygen atoms in total. The molecule has 1 fully saturated rings. The van der Waals surface area contributed by atoms with Crippen molar-refractivity contribution in [3.8, 4) is 0 Å². The van der Waals surface area contributed by atoms with Crippen LogP contribution < -0.4 is 4.90 Å². The second-order valence-corrected chi connectivity index (χ2v) is 9.54. The number of hydrogen-bond acceptors (Lipinski definition) is 4. The smallest absolute Gasteiger partial charge is 0.369 e. The van der Waals surface area contributed by atoms with Crippen LogP contribution in [0.3, 0.4) is 0 Å². The van der Waals surface area contributed by atoms with Crippen molar-refractivity contribution in [3.63, 3.8) is 0 Å². The van der Waals surface area contributed by atoms with Crippen LogP contribution in [0.5, 0.6) is 0 Å². The molecule has 0 aromatic heterocycles. The predicted octanol–water partition coefficient (Wildman–Crippen LogP) is 3.92. The molecule has 0 bridgehead atoms. The van der Waals surface area contributed by atoms with Crippen LogP contribution in [-0.4, -0.2) is 51.8 Å². The van der Waals surface area contributed by atoms with E-state index in [9.17, 15) is 21.6 Å². The number of aryl methyl sites for hydroxylation is 2. The van der Waals surface area contributed by atoms with Gasteiger partial charge in [0.05, 0.1) is 16.2 Å². The lowest BCUT2D eigenvalue weighted by Crippen LogP contribution is -2.47. The molecule has 0 aliphatic carbocycles. The second-order valence-electron chi connectivity index (χ2n) is 7.46. The highest BCUT2D eigenvalue weighted by atomic mass is 32.2. The number of alkyl halides is 3. The second kappa shape index (κ2) is 8.36. The number of piperazine rings is 1. The van der Waals surface area contributed by atoms with Gasteiger partial charge in [0, 0.05) is 38.4 Å². The van der Waals surface area contributed by atoms with E-state index >= 15 is 0 Å². The molecule has 2 aromatic carbocycles. The van der Waals surface area contributed by atoms with Crippen molar-refractivity contribution in [2.45, 2.75) is 24.9 Å². The van der Waals surface area contributed by atoms with E-state index in [1.807, 2.05) is 28.9 Å². The summed E-state index contributed by atoms with van der Waals surface area (Å²) in [6, 6.07) is 10.7. The minimum absolute atomic E-state index is 0.0286. The zero-order valence-corrected chi connectivity index (χ0v) is 17.4. The molecule has 0 amide bonds. The third-order valence-electron chi connectivity index (χ3n) is 5.27. The molecule has 0 saturated carbocycles. The lowest BCUT2D eigenvalue weighted by atomic mass is 10.1. The van der Waals surface area contributed by atoms with Crippen LogP contribution in [0.4, 0.5) is 18.9 Å². The number of halogens is 3. The number of benzene rings is 2. The molecule has 2 aromatic rings. The third-order valence-corrected chi connectivity index (χ3v) is 7.10. The molecule has 0 atom stereocenters. The fraction of sp³-hybridized carbons (Fsp3) is 0.429. The van der Waals surface area contributed by atoms with E-state index in [0.717, 1.165) is 17.2 Å². The molecule has 0 unspecified atom stereocenters. The van der Waals surface area contributed by atoms with Crippen molar-refractivity contribution in [1.29, 1.82) is 0 Å². The average Bonchev–Trinajstić information content (AvgIpc) is 2.68. The molecule has 1 heterocycles. The van der Waals surface area contributed by atoms with Gasteiger partial charge in [-0.25, -0.2) is 8.42 Å². The van der Waals surface area contributed by atoms with Gasteiger partial charge < -0.3 is 4.90 Å². The maximum atomic E-state index is 12.9. The van der Waals surface area contributed by atoms with Gasteiger partial charge in [-0.05, 0) is 49.2 Å². The minimum atomic E-state index is -4.36. The zero-order chi connectivity index (χ0) is 21.2. The Morgan fingerprint density at radius 2 is 1.66 bits per heavy atom. The van der Waals surface area contributed by atoms with Gasteiger partial charge in [0.25, 0.3) is 0 Å². The van der Waals surface area contributed by atoms with Gasteiger partial charge >= 0.3 is 6.18 Å². The summed E-state index contributed by atoms with van der Waals surface area (Å²) in [5.74, 6) is 0.0286. The topological polar surface area (TPSA) is 40.6 Å². The van der Waals surface area contributed by atoms with Gasteiger partial charge in [-0.2, -0.15) is 13.2 Å². The highest BCUT2D eigenvalue weighted by Crippen LogP contribution is 2.31. The van der Waals surface area contributed by atoms with Crippen molar-refractivity contribution < 1.29 is 21.6 Å². The summed E-state index contributed by atoms with van der Waals surface area (Å²) in [5.41, 5.74) is 1.54. The maximum Gasteiger partial charge on any atom is 0.416 e. The quantitative estimate of drug-likeness (QED) is 0.727. The fourth-order valence-corrected chi connectivity index (χ4v) is 5.15. The molecule has 8 heteroatoms. The van der Waals surface area contributed by atoms with Gasteiger partial charge in [-0.15, -0.1) is 0 Å². The van der Waals surface area contributed by atoms with Crippen LogP contribution in [0.2, 0.25) is 0 Å². The highest BCUT2D eigenvalue weighted by Gasteiger charge is 2.31. The average molecular weight is 427 g/mol. The summed E-state index contributed by atoms with van der Waals surface area (Å²) < 4.78 is 64.2. The zero-order valence-electron chi connectivity index (χ0n) is 16.5. The predicted molar refractivity (Wildman–Crippen MR) is 108 cm³/mol. The monoisotopic (exact) mass is 426 g/mol. The number of nitrogens with zero attached hydrogens (tertiary/aromatic N) is 2. The summed E-state index contributed by atoms with van der Waals surface area (Å²) in [6.07, 6.45) is -4.36. The van der Waals surface area contributed by atoms with Gasteiger partial charge in [0.15, 0.2) is 9.84 Å². The molecular weight excluding hydrogens is 401 g/mol. The molecule has 0 N–H and O–H groups in total. The van der Waals surface area contributed by atoms with Gasteiger partial charge in [-0.3, -0.25) is 4.90 Å². The molecule has 158 valence electrons.